The summed E-state index contributed by atoms with van der Waals surface area (Å²) in [6.45, 7) is 4.12. The number of likely N-dealkylation sites (tertiary alicyclic amines) is 1. The quantitative estimate of drug-likeness (QED) is 0.922. The minimum Gasteiger partial charge on any atom is -0.330 e. The van der Waals surface area contributed by atoms with Gasteiger partial charge in [-0.2, -0.15) is 0 Å². The van der Waals surface area contributed by atoms with Crippen molar-refractivity contribution < 1.29 is 0 Å². The standard InChI is InChI=1S/C16H22N4S/c17-7-4-13-5-9-20(10-6-13)11-14-12-21-16(19-14)15-3-1-2-8-18-15/h1-3,8,12-13H,4-7,9-11,17H2. The van der Waals surface area contributed by atoms with Crippen molar-refractivity contribution >= 4 is 11.3 Å². The van der Waals surface area contributed by atoms with Crippen LogP contribution in [-0.4, -0.2) is 34.5 Å². The summed E-state index contributed by atoms with van der Waals surface area (Å²) in [4.78, 5) is 11.6. The van der Waals surface area contributed by atoms with E-state index in [4.69, 9.17) is 10.7 Å². The Kier molecular flexibility index (Phi) is 4.95. The molecule has 1 saturated heterocycles. The van der Waals surface area contributed by atoms with E-state index in [1.54, 1.807) is 11.3 Å². The Bertz CT molecular complexity index is 546. The van der Waals surface area contributed by atoms with Gasteiger partial charge in [-0.05, 0) is 56.9 Å². The molecule has 21 heavy (non-hydrogen) atoms. The van der Waals surface area contributed by atoms with Crippen molar-refractivity contribution in [3.8, 4) is 10.7 Å². The van der Waals surface area contributed by atoms with Crippen molar-refractivity contribution in [2.24, 2.45) is 11.7 Å². The Morgan fingerprint density at radius 3 is 2.86 bits per heavy atom. The van der Waals surface area contributed by atoms with Crippen LogP contribution in [0.3, 0.4) is 0 Å². The largest absolute Gasteiger partial charge is 0.330 e. The van der Waals surface area contributed by atoms with Gasteiger partial charge in [0.25, 0.3) is 0 Å². The summed E-state index contributed by atoms with van der Waals surface area (Å²) >= 11 is 1.68. The summed E-state index contributed by atoms with van der Waals surface area (Å²) in [5.74, 6) is 0.825. The average Bonchev–Trinajstić information content (AvgIpc) is 2.99. The van der Waals surface area contributed by atoms with Gasteiger partial charge in [0, 0.05) is 18.1 Å². The topological polar surface area (TPSA) is 55.0 Å². The highest BCUT2D eigenvalue weighted by Gasteiger charge is 2.19. The van der Waals surface area contributed by atoms with Crippen LogP contribution in [-0.2, 0) is 6.54 Å². The molecule has 0 unspecified atom stereocenters. The van der Waals surface area contributed by atoms with E-state index in [9.17, 15) is 0 Å². The van der Waals surface area contributed by atoms with Gasteiger partial charge in [-0.15, -0.1) is 11.3 Å². The summed E-state index contributed by atoms with van der Waals surface area (Å²) in [5, 5.41) is 3.18. The predicted molar refractivity (Wildman–Crippen MR) is 87.0 cm³/mol. The van der Waals surface area contributed by atoms with Crippen molar-refractivity contribution in [3.63, 3.8) is 0 Å². The third-order valence-electron chi connectivity index (χ3n) is 4.10. The Morgan fingerprint density at radius 1 is 1.29 bits per heavy atom. The molecule has 1 aliphatic heterocycles. The van der Waals surface area contributed by atoms with E-state index < -0.39 is 0 Å². The molecule has 2 N–H and O–H groups in total. The van der Waals surface area contributed by atoms with Crippen LogP contribution in [0.15, 0.2) is 29.8 Å². The lowest BCUT2D eigenvalue weighted by atomic mass is 9.93. The molecule has 5 heteroatoms. The van der Waals surface area contributed by atoms with Gasteiger partial charge in [-0.25, -0.2) is 4.98 Å². The SMILES string of the molecule is NCCC1CCN(Cc2csc(-c3ccccn3)n2)CC1. The second-order valence-electron chi connectivity index (χ2n) is 5.66. The Morgan fingerprint density at radius 2 is 2.14 bits per heavy atom. The van der Waals surface area contributed by atoms with Gasteiger partial charge in [0.1, 0.15) is 5.01 Å². The van der Waals surface area contributed by atoms with E-state index in [1.807, 2.05) is 24.4 Å². The fourth-order valence-electron chi connectivity index (χ4n) is 2.88. The Balaban J connectivity index is 1.56. The molecule has 4 nitrogen and oxygen atoms in total. The van der Waals surface area contributed by atoms with E-state index >= 15 is 0 Å². The average molecular weight is 302 g/mol. The highest BCUT2D eigenvalue weighted by Crippen LogP contribution is 2.24. The number of piperidine rings is 1. The molecule has 3 heterocycles. The third kappa shape index (κ3) is 3.87. The lowest BCUT2D eigenvalue weighted by Crippen LogP contribution is -2.33. The van der Waals surface area contributed by atoms with Crippen molar-refractivity contribution in [2.75, 3.05) is 19.6 Å². The molecule has 0 spiro atoms. The molecule has 1 aliphatic rings. The van der Waals surface area contributed by atoms with E-state index in [-0.39, 0.29) is 0 Å². The molecule has 2 aromatic rings. The van der Waals surface area contributed by atoms with Gasteiger partial charge in [0.2, 0.25) is 0 Å². The predicted octanol–water partition coefficient (Wildman–Crippen LogP) is 2.77. The van der Waals surface area contributed by atoms with E-state index in [0.29, 0.717) is 0 Å². The van der Waals surface area contributed by atoms with Crippen LogP contribution in [0, 0.1) is 5.92 Å². The second-order valence-corrected chi connectivity index (χ2v) is 6.51. The van der Waals surface area contributed by atoms with Gasteiger partial charge in [0.15, 0.2) is 0 Å². The molecule has 1 fully saturated rings. The maximum absolute atomic E-state index is 5.65. The Hall–Kier alpha value is -1.30. The van der Waals surface area contributed by atoms with Gasteiger partial charge in [-0.3, -0.25) is 9.88 Å². The zero-order valence-corrected chi connectivity index (χ0v) is 13.1. The van der Waals surface area contributed by atoms with Gasteiger partial charge >= 0.3 is 0 Å². The van der Waals surface area contributed by atoms with Crippen LogP contribution in [0.25, 0.3) is 10.7 Å². The number of nitrogens with two attached hydrogens (primary N) is 1. The molecule has 0 aliphatic carbocycles. The van der Waals surface area contributed by atoms with E-state index in [0.717, 1.165) is 35.4 Å². The maximum atomic E-state index is 5.65. The monoisotopic (exact) mass is 302 g/mol. The smallest absolute Gasteiger partial charge is 0.142 e. The number of aromatic nitrogens is 2. The molecule has 3 rings (SSSR count). The van der Waals surface area contributed by atoms with Gasteiger partial charge in [-0.1, -0.05) is 6.07 Å². The summed E-state index contributed by atoms with van der Waals surface area (Å²) in [6, 6.07) is 5.95. The highest BCUT2D eigenvalue weighted by molar-refractivity contribution is 7.13. The Labute approximate surface area is 130 Å². The van der Waals surface area contributed by atoms with Crippen LogP contribution in [0.2, 0.25) is 0 Å². The molecule has 112 valence electrons. The number of thiazole rings is 1. The first-order valence-electron chi connectivity index (χ1n) is 7.63. The molecular formula is C16H22N4S. The molecule has 0 atom stereocenters. The molecule has 0 bridgehead atoms. The van der Waals surface area contributed by atoms with Gasteiger partial charge < -0.3 is 5.73 Å². The first kappa shape index (κ1) is 14.6. The molecule has 0 aromatic carbocycles. The van der Waals surface area contributed by atoms with Crippen LogP contribution in [0.4, 0.5) is 0 Å². The molecule has 0 radical (unpaired) electrons. The van der Waals surface area contributed by atoms with Crippen LogP contribution in [0.1, 0.15) is 25.0 Å². The summed E-state index contributed by atoms with van der Waals surface area (Å²) in [5.41, 5.74) is 7.78. The first-order valence-corrected chi connectivity index (χ1v) is 8.51. The zero-order valence-electron chi connectivity index (χ0n) is 12.2. The van der Waals surface area contributed by atoms with Crippen molar-refractivity contribution in [3.05, 3.63) is 35.5 Å². The number of hydrogen-bond donors (Lipinski definition) is 1. The number of pyridine rings is 1. The number of nitrogens with zero attached hydrogens (tertiary/aromatic N) is 3. The number of hydrogen-bond acceptors (Lipinski definition) is 5. The molecule has 0 amide bonds. The molecule has 2 aromatic heterocycles. The zero-order chi connectivity index (χ0) is 14.5. The summed E-state index contributed by atoms with van der Waals surface area (Å²) in [7, 11) is 0. The van der Waals surface area contributed by atoms with E-state index in [1.165, 1.54) is 32.4 Å². The first-order chi connectivity index (χ1) is 10.3. The lowest BCUT2D eigenvalue weighted by Gasteiger charge is -2.31. The minimum atomic E-state index is 0.824. The fraction of sp³-hybridized carbons (Fsp3) is 0.500. The number of rotatable bonds is 5. The van der Waals surface area contributed by atoms with Crippen LogP contribution >= 0.6 is 11.3 Å². The molecular weight excluding hydrogens is 280 g/mol. The normalized spacial score (nSPS) is 17.2. The lowest BCUT2D eigenvalue weighted by molar-refractivity contribution is 0.172. The summed E-state index contributed by atoms with van der Waals surface area (Å²) in [6.07, 6.45) is 5.54. The fourth-order valence-corrected chi connectivity index (χ4v) is 3.67. The third-order valence-corrected chi connectivity index (χ3v) is 5.02. The van der Waals surface area contributed by atoms with Crippen molar-refractivity contribution in [1.82, 2.24) is 14.9 Å². The van der Waals surface area contributed by atoms with Crippen LogP contribution in [0.5, 0.6) is 0 Å². The highest BCUT2D eigenvalue weighted by atomic mass is 32.1. The van der Waals surface area contributed by atoms with Crippen molar-refractivity contribution in [2.45, 2.75) is 25.8 Å². The van der Waals surface area contributed by atoms with E-state index in [2.05, 4.69) is 15.3 Å². The van der Waals surface area contributed by atoms with Crippen molar-refractivity contribution in [1.29, 1.82) is 0 Å². The van der Waals surface area contributed by atoms with Gasteiger partial charge in [0.05, 0.1) is 11.4 Å². The maximum Gasteiger partial charge on any atom is 0.142 e. The molecule has 0 saturated carbocycles. The summed E-state index contributed by atoms with van der Waals surface area (Å²) < 4.78 is 0. The van der Waals surface area contributed by atoms with Crippen LogP contribution < -0.4 is 5.73 Å². The minimum absolute atomic E-state index is 0.824. The second kappa shape index (κ2) is 7.11.